The number of anilines is 1. The molecular formula is C24H16Cl2N2O5. The summed E-state index contributed by atoms with van der Waals surface area (Å²) in [7, 11) is 0. The summed E-state index contributed by atoms with van der Waals surface area (Å²) in [4.78, 5) is 38.2. The number of hydrogen-bond donors (Lipinski definition) is 2. The van der Waals surface area contributed by atoms with E-state index in [1.54, 1.807) is 42.5 Å². The zero-order chi connectivity index (χ0) is 23.5. The van der Waals surface area contributed by atoms with Crippen LogP contribution in [0.5, 0.6) is 11.5 Å². The maximum Gasteiger partial charge on any atom is 0.335 e. The fraction of sp³-hybridized carbons (Fsp3) is 0.0417. The van der Waals surface area contributed by atoms with Crippen molar-refractivity contribution >= 4 is 52.8 Å². The van der Waals surface area contributed by atoms with Crippen molar-refractivity contribution in [1.82, 2.24) is 5.32 Å². The summed E-state index contributed by atoms with van der Waals surface area (Å²) in [6.45, 7) is 0.280. The molecule has 0 bridgehead atoms. The number of urea groups is 1. The minimum Gasteiger partial charge on any atom is -0.508 e. The minimum atomic E-state index is -0.862. The zero-order valence-corrected chi connectivity index (χ0v) is 18.4. The minimum absolute atomic E-state index is 0.0167. The number of halogens is 2. The Kier molecular flexibility index (Phi) is 6.35. The third-order valence-electron chi connectivity index (χ3n) is 4.79. The molecule has 2 N–H and O–H groups in total. The molecule has 0 unspecified atom stereocenters. The van der Waals surface area contributed by atoms with E-state index >= 15 is 0 Å². The van der Waals surface area contributed by atoms with Crippen LogP contribution in [0.25, 0.3) is 6.08 Å². The Bertz CT molecular complexity index is 1270. The van der Waals surface area contributed by atoms with Crippen LogP contribution in [0.2, 0.25) is 10.0 Å². The highest BCUT2D eigenvalue weighted by Crippen LogP contribution is 2.25. The second-order valence-electron chi connectivity index (χ2n) is 7.08. The molecular weight excluding hydrogens is 467 g/mol. The molecule has 1 fully saturated rings. The second-order valence-corrected chi connectivity index (χ2v) is 7.89. The van der Waals surface area contributed by atoms with Gasteiger partial charge < -0.3 is 9.84 Å². The molecule has 33 heavy (non-hydrogen) atoms. The second kappa shape index (κ2) is 9.36. The highest BCUT2D eigenvalue weighted by molar-refractivity contribution is 6.42. The molecule has 0 saturated carbocycles. The Morgan fingerprint density at radius 3 is 2.27 bits per heavy atom. The summed E-state index contributed by atoms with van der Waals surface area (Å²) in [5.74, 6) is -1.00. The number of carbonyl (C=O) groups is 3. The fourth-order valence-electron chi connectivity index (χ4n) is 3.12. The molecule has 3 aromatic rings. The van der Waals surface area contributed by atoms with Gasteiger partial charge in [-0.1, -0.05) is 41.4 Å². The lowest BCUT2D eigenvalue weighted by Gasteiger charge is -2.26. The molecule has 0 aromatic heterocycles. The van der Waals surface area contributed by atoms with Gasteiger partial charge in [0.2, 0.25) is 0 Å². The molecule has 4 rings (SSSR count). The van der Waals surface area contributed by atoms with Gasteiger partial charge in [0.15, 0.2) is 0 Å². The quantitative estimate of drug-likeness (QED) is 0.396. The molecule has 4 amide bonds. The first-order valence-corrected chi connectivity index (χ1v) is 10.4. The number of ether oxygens (including phenoxy) is 1. The first kappa shape index (κ1) is 22.4. The maximum atomic E-state index is 12.9. The lowest BCUT2D eigenvalue weighted by atomic mass is 10.1. The first-order valence-electron chi connectivity index (χ1n) is 9.69. The van der Waals surface area contributed by atoms with Gasteiger partial charge in [-0.3, -0.25) is 14.9 Å². The summed E-state index contributed by atoms with van der Waals surface area (Å²) in [5, 5.41) is 12.5. The van der Waals surface area contributed by atoms with Crippen LogP contribution in [0.4, 0.5) is 10.5 Å². The monoisotopic (exact) mass is 482 g/mol. The van der Waals surface area contributed by atoms with Crippen molar-refractivity contribution in [2.24, 2.45) is 0 Å². The number of nitrogens with one attached hydrogen (secondary N) is 1. The summed E-state index contributed by atoms with van der Waals surface area (Å²) in [6.07, 6.45) is 1.39. The molecule has 0 atom stereocenters. The number of hydrogen-bond acceptors (Lipinski definition) is 5. The molecule has 9 heteroatoms. The highest BCUT2D eigenvalue weighted by atomic mass is 35.5. The molecule has 0 aliphatic carbocycles. The van der Waals surface area contributed by atoms with Gasteiger partial charge in [-0.15, -0.1) is 0 Å². The fourth-order valence-corrected chi connectivity index (χ4v) is 3.44. The van der Waals surface area contributed by atoms with Gasteiger partial charge in [-0.2, -0.15) is 0 Å². The first-order chi connectivity index (χ1) is 15.8. The van der Waals surface area contributed by atoms with E-state index in [2.05, 4.69) is 5.32 Å². The average Bonchev–Trinajstić information content (AvgIpc) is 2.79. The molecule has 166 valence electrons. The maximum absolute atomic E-state index is 12.9. The van der Waals surface area contributed by atoms with Crippen molar-refractivity contribution < 1.29 is 24.2 Å². The van der Waals surface area contributed by atoms with Gasteiger partial charge in [0.1, 0.15) is 23.7 Å². The Labute approximate surface area is 198 Å². The van der Waals surface area contributed by atoms with E-state index in [4.69, 9.17) is 27.9 Å². The lowest BCUT2D eigenvalue weighted by molar-refractivity contribution is -0.122. The van der Waals surface area contributed by atoms with E-state index in [1.807, 2.05) is 0 Å². The number of phenolic OH excluding ortho intramolecular Hbond substituents is 1. The van der Waals surface area contributed by atoms with Crippen LogP contribution in [-0.4, -0.2) is 23.0 Å². The van der Waals surface area contributed by atoms with Gasteiger partial charge in [-0.25, -0.2) is 9.69 Å². The van der Waals surface area contributed by atoms with Crippen molar-refractivity contribution in [3.05, 3.63) is 93.5 Å². The number of rotatable bonds is 5. The number of aromatic hydroxyl groups is 1. The van der Waals surface area contributed by atoms with Crippen molar-refractivity contribution in [2.45, 2.75) is 6.61 Å². The number of nitrogens with zero attached hydrogens (tertiary/aromatic N) is 1. The van der Waals surface area contributed by atoms with E-state index < -0.39 is 17.8 Å². The number of benzene rings is 3. The van der Waals surface area contributed by atoms with Gasteiger partial charge in [0, 0.05) is 0 Å². The van der Waals surface area contributed by atoms with Gasteiger partial charge >= 0.3 is 6.03 Å². The van der Waals surface area contributed by atoms with Crippen LogP contribution >= 0.6 is 23.2 Å². The van der Waals surface area contributed by atoms with E-state index in [1.165, 1.54) is 30.3 Å². The topological polar surface area (TPSA) is 95.9 Å². The van der Waals surface area contributed by atoms with Crippen molar-refractivity contribution in [3.63, 3.8) is 0 Å². The van der Waals surface area contributed by atoms with Crippen LogP contribution in [0, 0.1) is 0 Å². The van der Waals surface area contributed by atoms with Gasteiger partial charge in [0.25, 0.3) is 11.8 Å². The van der Waals surface area contributed by atoms with Crippen LogP contribution in [0.1, 0.15) is 11.1 Å². The van der Waals surface area contributed by atoms with Crippen LogP contribution in [0.15, 0.2) is 72.3 Å². The lowest BCUT2D eigenvalue weighted by Crippen LogP contribution is -2.54. The van der Waals surface area contributed by atoms with Crippen LogP contribution in [0.3, 0.4) is 0 Å². The van der Waals surface area contributed by atoms with E-state index in [0.29, 0.717) is 21.4 Å². The van der Waals surface area contributed by atoms with Gasteiger partial charge in [0.05, 0.1) is 15.7 Å². The highest BCUT2D eigenvalue weighted by Gasteiger charge is 2.36. The zero-order valence-electron chi connectivity index (χ0n) is 16.9. The SMILES string of the molecule is O=C1NC(=O)N(c2ccc(O)cc2)C(=O)/C1=C/c1ccc(OCc2ccc(Cl)c(Cl)c2)cc1. The number of phenols is 1. The largest absolute Gasteiger partial charge is 0.508 e. The molecule has 1 heterocycles. The predicted octanol–water partition coefficient (Wildman–Crippen LogP) is 4.94. The van der Waals surface area contributed by atoms with Gasteiger partial charge in [-0.05, 0) is 65.7 Å². The van der Waals surface area contributed by atoms with E-state index in [0.717, 1.165) is 10.5 Å². The van der Waals surface area contributed by atoms with Crippen molar-refractivity contribution in [1.29, 1.82) is 0 Å². The average molecular weight is 483 g/mol. The molecule has 0 radical (unpaired) electrons. The number of imide groups is 2. The smallest absolute Gasteiger partial charge is 0.335 e. The standard InChI is InChI=1S/C24H16Cl2N2O5/c25-20-10-3-15(12-21(20)26)13-33-18-8-1-14(2-9-18)11-19-22(30)27-24(32)28(23(19)31)16-4-6-17(29)7-5-16/h1-12,29H,13H2,(H,27,30,32)/b19-11+. The Morgan fingerprint density at radius 2 is 1.61 bits per heavy atom. The number of amides is 4. The van der Waals surface area contributed by atoms with Crippen LogP contribution < -0.4 is 15.0 Å². The van der Waals surface area contributed by atoms with Crippen LogP contribution in [-0.2, 0) is 16.2 Å². The van der Waals surface area contributed by atoms with E-state index in [9.17, 15) is 19.5 Å². The third kappa shape index (κ3) is 5.00. The summed E-state index contributed by atoms with van der Waals surface area (Å²) >= 11 is 11.9. The molecule has 7 nitrogen and oxygen atoms in total. The van der Waals surface area contributed by atoms with Crippen molar-refractivity contribution in [2.75, 3.05) is 4.90 Å². The molecule has 3 aromatic carbocycles. The summed E-state index contributed by atoms with van der Waals surface area (Å²) < 4.78 is 5.73. The Morgan fingerprint density at radius 1 is 0.909 bits per heavy atom. The normalized spacial score (nSPS) is 15.0. The number of barbiturate groups is 1. The molecule has 0 spiro atoms. The Balaban J connectivity index is 1.50. The Hall–Kier alpha value is -3.81. The predicted molar refractivity (Wildman–Crippen MR) is 124 cm³/mol. The molecule has 1 aliphatic heterocycles. The number of carbonyl (C=O) groups excluding carboxylic acids is 3. The summed E-state index contributed by atoms with van der Waals surface area (Å²) in [6, 6.07) is 16.6. The van der Waals surface area contributed by atoms with Crippen molar-refractivity contribution in [3.8, 4) is 11.5 Å². The van der Waals surface area contributed by atoms with E-state index in [-0.39, 0.29) is 23.6 Å². The molecule has 1 saturated heterocycles. The third-order valence-corrected chi connectivity index (χ3v) is 5.53. The molecule has 1 aliphatic rings. The summed E-state index contributed by atoms with van der Waals surface area (Å²) in [5.41, 5.74) is 1.43.